The summed E-state index contributed by atoms with van der Waals surface area (Å²) in [6.07, 6.45) is 2.39. The van der Waals surface area contributed by atoms with Gasteiger partial charge >= 0.3 is 0 Å². The van der Waals surface area contributed by atoms with Crippen molar-refractivity contribution < 1.29 is 22.7 Å². The average molecular weight is 440 g/mol. The van der Waals surface area contributed by atoms with Crippen molar-refractivity contribution in [3.05, 3.63) is 52.5 Å². The zero-order valence-corrected chi connectivity index (χ0v) is 18.0. The van der Waals surface area contributed by atoms with Crippen molar-refractivity contribution in [1.29, 1.82) is 0 Å². The van der Waals surface area contributed by atoms with Gasteiger partial charge in [-0.3, -0.25) is 9.10 Å². The van der Waals surface area contributed by atoms with Gasteiger partial charge in [0.05, 0.1) is 32.4 Å². The number of carbonyl (C=O) groups is 1. The molecular weight excluding hydrogens is 418 g/mol. The SMILES string of the molecule is COc1ccc(OC)c(/C=N\NC(=O)CN(c2ccc(C)c(Cl)c2)S(C)(=O)=O)c1. The van der Waals surface area contributed by atoms with Crippen LogP contribution in [0.25, 0.3) is 0 Å². The molecule has 156 valence electrons. The highest BCUT2D eigenvalue weighted by Crippen LogP contribution is 2.25. The molecule has 2 rings (SSSR count). The number of amides is 1. The molecule has 0 atom stereocenters. The molecule has 0 saturated carbocycles. The van der Waals surface area contributed by atoms with Gasteiger partial charge in [0, 0.05) is 10.6 Å². The van der Waals surface area contributed by atoms with E-state index in [1.807, 2.05) is 0 Å². The van der Waals surface area contributed by atoms with Gasteiger partial charge in [-0.25, -0.2) is 13.8 Å². The van der Waals surface area contributed by atoms with Crippen LogP contribution in [0.3, 0.4) is 0 Å². The fourth-order valence-corrected chi connectivity index (χ4v) is 3.44. The molecule has 2 aromatic rings. The van der Waals surface area contributed by atoms with Crippen LogP contribution in [0.4, 0.5) is 5.69 Å². The lowest BCUT2D eigenvalue weighted by Crippen LogP contribution is -2.39. The lowest BCUT2D eigenvalue weighted by atomic mass is 10.2. The van der Waals surface area contributed by atoms with Gasteiger partial charge in [0.15, 0.2) is 0 Å². The zero-order valence-electron chi connectivity index (χ0n) is 16.5. The van der Waals surface area contributed by atoms with E-state index in [1.54, 1.807) is 37.3 Å². The number of sulfonamides is 1. The van der Waals surface area contributed by atoms with Crippen molar-refractivity contribution >= 4 is 39.4 Å². The van der Waals surface area contributed by atoms with Crippen LogP contribution in [0.5, 0.6) is 11.5 Å². The number of methoxy groups -OCH3 is 2. The monoisotopic (exact) mass is 439 g/mol. The Bertz CT molecular complexity index is 1020. The highest BCUT2D eigenvalue weighted by molar-refractivity contribution is 7.92. The van der Waals surface area contributed by atoms with E-state index in [-0.39, 0.29) is 5.69 Å². The van der Waals surface area contributed by atoms with Crippen molar-refractivity contribution in [2.75, 3.05) is 31.3 Å². The molecule has 0 heterocycles. The molecule has 1 amide bonds. The second-order valence-electron chi connectivity index (χ2n) is 6.10. The summed E-state index contributed by atoms with van der Waals surface area (Å²) in [5.74, 6) is 0.513. The molecule has 1 N–H and O–H groups in total. The smallest absolute Gasteiger partial charge is 0.260 e. The second-order valence-corrected chi connectivity index (χ2v) is 8.42. The molecule has 0 radical (unpaired) electrons. The number of nitrogens with zero attached hydrogens (tertiary/aromatic N) is 2. The van der Waals surface area contributed by atoms with Crippen molar-refractivity contribution in [1.82, 2.24) is 5.43 Å². The summed E-state index contributed by atoms with van der Waals surface area (Å²) in [6.45, 7) is 1.34. The standard InChI is InChI=1S/C19H22ClN3O5S/c1-13-5-6-15(10-17(13)20)23(29(4,25)26)12-19(24)22-21-11-14-9-16(27-2)7-8-18(14)28-3/h5-11H,12H2,1-4H3,(H,22,24)/b21-11-. The molecule has 29 heavy (non-hydrogen) atoms. The fourth-order valence-electron chi connectivity index (χ4n) is 2.42. The molecule has 0 spiro atoms. The van der Waals surface area contributed by atoms with E-state index in [4.69, 9.17) is 21.1 Å². The first-order valence-electron chi connectivity index (χ1n) is 8.43. The van der Waals surface area contributed by atoms with Crippen LogP contribution in [0.2, 0.25) is 5.02 Å². The Labute approximate surface area is 175 Å². The van der Waals surface area contributed by atoms with Crippen LogP contribution in [0, 0.1) is 6.92 Å². The van der Waals surface area contributed by atoms with E-state index >= 15 is 0 Å². The topological polar surface area (TPSA) is 97.3 Å². The molecule has 0 unspecified atom stereocenters. The lowest BCUT2D eigenvalue weighted by molar-refractivity contribution is -0.119. The maximum atomic E-state index is 12.3. The van der Waals surface area contributed by atoms with Crippen LogP contribution >= 0.6 is 11.6 Å². The summed E-state index contributed by atoms with van der Waals surface area (Å²) in [7, 11) is -0.676. The molecule has 2 aromatic carbocycles. The predicted octanol–water partition coefficient (Wildman–Crippen LogP) is 2.58. The third-order valence-corrected chi connectivity index (χ3v) is 5.51. The Morgan fingerprint density at radius 1 is 1.21 bits per heavy atom. The Morgan fingerprint density at radius 3 is 2.52 bits per heavy atom. The van der Waals surface area contributed by atoms with E-state index in [0.717, 1.165) is 16.1 Å². The Hall–Kier alpha value is -2.78. The molecule has 0 aliphatic heterocycles. The molecule has 10 heteroatoms. The first kappa shape index (κ1) is 22.5. The molecule has 0 aliphatic carbocycles. The van der Waals surface area contributed by atoms with Crippen LogP contribution in [-0.4, -0.2) is 47.6 Å². The summed E-state index contributed by atoms with van der Waals surface area (Å²) < 4.78 is 35.6. The number of rotatable bonds is 8. The number of carbonyl (C=O) groups excluding carboxylic acids is 1. The highest BCUT2D eigenvalue weighted by Gasteiger charge is 2.21. The maximum Gasteiger partial charge on any atom is 0.260 e. The zero-order chi connectivity index (χ0) is 21.6. The summed E-state index contributed by atoms with van der Waals surface area (Å²) in [5.41, 5.74) is 3.98. The van der Waals surface area contributed by atoms with Gasteiger partial charge in [-0.2, -0.15) is 5.10 Å². The van der Waals surface area contributed by atoms with Crippen LogP contribution < -0.4 is 19.2 Å². The summed E-state index contributed by atoms with van der Waals surface area (Å²) >= 11 is 6.08. The minimum Gasteiger partial charge on any atom is -0.497 e. The number of hydrogen-bond donors (Lipinski definition) is 1. The summed E-state index contributed by atoms with van der Waals surface area (Å²) in [5, 5.41) is 4.28. The second kappa shape index (κ2) is 9.62. The van der Waals surface area contributed by atoms with Crippen LogP contribution in [0.1, 0.15) is 11.1 Å². The number of aryl methyl sites for hydroxylation is 1. The van der Waals surface area contributed by atoms with Crippen molar-refractivity contribution in [2.24, 2.45) is 5.10 Å². The van der Waals surface area contributed by atoms with Crippen LogP contribution in [0.15, 0.2) is 41.5 Å². The highest BCUT2D eigenvalue weighted by atomic mass is 35.5. The van der Waals surface area contributed by atoms with E-state index in [2.05, 4.69) is 10.5 Å². The van der Waals surface area contributed by atoms with Gasteiger partial charge in [0.1, 0.15) is 18.0 Å². The molecule has 0 saturated heterocycles. The van der Waals surface area contributed by atoms with E-state index in [0.29, 0.717) is 22.1 Å². The van der Waals surface area contributed by atoms with Gasteiger partial charge in [-0.15, -0.1) is 0 Å². The summed E-state index contributed by atoms with van der Waals surface area (Å²) in [4.78, 5) is 12.3. The van der Waals surface area contributed by atoms with E-state index in [1.165, 1.54) is 26.5 Å². The van der Waals surface area contributed by atoms with Crippen LogP contribution in [-0.2, 0) is 14.8 Å². The van der Waals surface area contributed by atoms with Gasteiger partial charge in [0.2, 0.25) is 10.0 Å². The Kier molecular flexibility index (Phi) is 7.46. The van der Waals surface area contributed by atoms with Crippen molar-refractivity contribution in [3.63, 3.8) is 0 Å². The lowest BCUT2D eigenvalue weighted by Gasteiger charge is -2.21. The first-order chi connectivity index (χ1) is 13.7. The van der Waals surface area contributed by atoms with Gasteiger partial charge in [0.25, 0.3) is 5.91 Å². The van der Waals surface area contributed by atoms with Gasteiger partial charge in [-0.1, -0.05) is 17.7 Å². The number of nitrogens with one attached hydrogen (secondary N) is 1. The fraction of sp³-hybridized carbons (Fsp3) is 0.263. The molecule has 0 bridgehead atoms. The average Bonchev–Trinajstić information content (AvgIpc) is 2.67. The predicted molar refractivity (Wildman–Crippen MR) is 114 cm³/mol. The van der Waals surface area contributed by atoms with Gasteiger partial charge < -0.3 is 9.47 Å². The van der Waals surface area contributed by atoms with E-state index < -0.39 is 22.5 Å². The number of hydrogen-bond acceptors (Lipinski definition) is 6. The summed E-state index contributed by atoms with van der Waals surface area (Å²) in [6, 6.07) is 9.88. The third kappa shape index (κ3) is 6.10. The first-order valence-corrected chi connectivity index (χ1v) is 10.7. The van der Waals surface area contributed by atoms with E-state index in [9.17, 15) is 13.2 Å². The molecule has 0 fully saturated rings. The Morgan fingerprint density at radius 2 is 1.93 bits per heavy atom. The van der Waals surface area contributed by atoms with Gasteiger partial charge in [-0.05, 0) is 42.8 Å². The quantitative estimate of drug-likeness (QED) is 0.503. The Balaban J connectivity index is 2.15. The maximum absolute atomic E-state index is 12.3. The normalized spacial score (nSPS) is 11.3. The molecule has 0 aliphatic rings. The van der Waals surface area contributed by atoms with Crippen molar-refractivity contribution in [3.8, 4) is 11.5 Å². The molecule has 8 nitrogen and oxygen atoms in total. The molecular formula is C19H22ClN3O5S. The largest absolute Gasteiger partial charge is 0.497 e. The number of hydrazone groups is 1. The number of benzene rings is 2. The number of ether oxygens (including phenoxy) is 2. The third-order valence-electron chi connectivity index (χ3n) is 3.96. The molecule has 0 aromatic heterocycles. The minimum atomic E-state index is -3.71. The van der Waals surface area contributed by atoms with Crippen molar-refractivity contribution in [2.45, 2.75) is 6.92 Å². The number of anilines is 1. The minimum absolute atomic E-state index is 0.289. The number of halogens is 1.